The lowest BCUT2D eigenvalue weighted by Gasteiger charge is -2.33. The zero-order chi connectivity index (χ0) is 79.3. The second-order valence-electron chi connectivity index (χ2n) is 31.9. The molecule has 0 amide bonds. The van der Waals surface area contributed by atoms with Gasteiger partial charge in [-0.1, -0.05) is 350 Å². The molecule has 0 bridgehead atoms. The summed E-state index contributed by atoms with van der Waals surface area (Å²) in [5, 5.41) is 70.7. The Balaban J connectivity index is 0.000000421. The minimum atomic E-state index is -0.433. The second-order valence-corrected chi connectivity index (χ2v) is 31.9. The Morgan fingerprint density at radius 1 is 0.255 bits per heavy atom. The molecule has 106 heavy (non-hydrogen) atoms. The molecule has 0 spiro atoms. The fourth-order valence-corrected chi connectivity index (χ4v) is 15.3. The summed E-state index contributed by atoms with van der Waals surface area (Å²) in [7, 11) is 3.23. The van der Waals surface area contributed by atoms with Crippen LogP contribution in [0.4, 0.5) is 0 Å². The molecule has 0 unspecified atom stereocenters. The molecule has 14 atom stereocenters. The van der Waals surface area contributed by atoms with Gasteiger partial charge in [0.1, 0.15) is 0 Å². The quantitative estimate of drug-likeness (QED) is 0.0223. The van der Waals surface area contributed by atoms with E-state index in [1.54, 1.807) is 14.2 Å². The zero-order valence-electron chi connectivity index (χ0n) is 69.6. The van der Waals surface area contributed by atoms with Gasteiger partial charge in [-0.25, -0.2) is 0 Å². The Kier molecular flexibility index (Phi) is 49.6. The molecular formula is C96H149NO9. The van der Waals surface area contributed by atoms with Gasteiger partial charge in [0.05, 0.1) is 55.9 Å². The lowest BCUT2D eigenvalue weighted by atomic mass is 9.80. The second kappa shape index (κ2) is 54.7. The van der Waals surface area contributed by atoms with Gasteiger partial charge in [-0.05, 0) is 131 Å². The van der Waals surface area contributed by atoms with Crippen LogP contribution in [-0.4, -0.2) is 130 Å². The van der Waals surface area contributed by atoms with E-state index in [1.807, 2.05) is 136 Å². The molecule has 0 aliphatic carbocycles. The standard InChI is InChI=1S/C17H27NO.C14H22O.2C13H20O2.3C13H20O/c1-14(2)17(15-9-5-3-6-10-15)16(19)13-18-11-7-4-8-12-18;1-10(2)13(14(15)11(3)4)12-8-6-5-7-9-12;2*1-10(2)13(12(14)9-15-3)11-7-5-4-6-8-11;3*1-4-12(14)13(10(2)3)11-8-6-5-7-9-11/h3,5-6,9-10,14,16-17,19H,4,7-8,11-13H2,1-2H3;5-11,13-15H,1-4H3;2*4-8,10,12-14H,9H2,1-3H3;3*5-10,12-14H,4H2,1-3H3/t16-,17-;13-,14+;2*12-,13-;12-,13+;2*12-,13-/m0010110/s1. The van der Waals surface area contributed by atoms with E-state index in [-0.39, 0.29) is 71.9 Å². The smallest absolute Gasteiger partial charge is 0.0844 e. The number of benzene rings is 7. The van der Waals surface area contributed by atoms with Gasteiger partial charge >= 0.3 is 0 Å². The first-order valence-corrected chi connectivity index (χ1v) is 40.4. The van der Waals surface area contributed by atoms with Gasteiger partial charge in [0.2, 0.25) is 0 Å². The molecule has 1 fully saturated rings. The molecule has 0 radical (unpaired) electrons. The van der Waals surface area contributed by atoms with Gasteiger partial charge in [0.25, 0.3) is 0 Å². The van der Waals surface area contributed by atoms with Gasteiger partial charge in [0, 0.05) is 62.2 Å². The van der Waals surface area contributed by atoms with Crippen LogP contribution >= 0.6 is 0 Å². The lowest BCUT2D eigenvalue weighted by molar-refractivity contribution is 0.0357. The first-order valence-electron chi connectivity index (χ1n) is 40.4. The van der Waals surface area contributed by atoms with Crippen LogP contribution in [0.25, 0.3) is 0 Å². The monoisotopic (exact) mass is 1460 g/mol. The highest BCUT2D eigenvalue weighted by Gasteiger charge is 2.30. The minimum Gasteiger partial charge on any atom is -0.392 e. The van der Waals surface area contributed by atoms with Crippen LogP contribution in [0.15, 0.2) is 212 Å². The Labute approximate surface area is 646 Å². The molecule has 592 valence electrons. The molecule has 1 aliphatic rings. The maximum absolute atomic E-state index is 10.6. The predicted molar refractivity (Wildman–Crippen MR) is 450 cm³/mol. The highest BCUT2D eigenvalue weighted by Crippen LogP contribution is 2.35. The fourth-order valence-electron chi connectivity index (χ4n) is 15.3. The van der Waals surface area contributed by atoms with Crippen LogP contribution in [0, 0.1) is 47.3 Å². The van der Waals surface area contributed by atoms with Crippen molar-refractivity contribution < 1.29 is 45.2 Å². The summed E-state index contributed by atoms with van der Waals surface area (Å²) >= 11 is 0. The fraction of sp³-hybridized carbons (Fsp3) is 0.562. The van der Waals surface area contributed by atoms with Crippen molar-refractivity contribution in [1.82, 2.24) is 4.90 Å². The number of β-amino-alcohol motifs (C(OH)–C–C–N with tert-alkyl or cyclic N) is 1. The van der Waals surface area contributed by atoms with Gasteiger partial charge in [-0.3, -0.25) is 0 Å². The molecular weight excluding hydrogens is 1310 g/mol. The largest absolute Gasteiger partial charge is 0.392 e. The van der Waals surface area contributed by atoms with E-state index in [2.05, 4.69) is 213 Å². The van der Waals surface area contributed by atoms with Crippen molar-refractivity contribution >= 4 is 0 Å². The van der Waals surface area contributed by atoms with E-state index in [0.717, 1.165) is 38.9 Å². The number of nitrogens with zero attached hydrogens (tertiary/aromatic N) is 1. The lowest BCUT2D eigenvalue weighted by Crippen LogP contribution is -2.40. The van der Waals surface area contributed by atoms with Crippen molar-refractivity contribution in [3.8, 4) is 0 Å². The van der Waals surface area contributed by atoms with Gasteiger partial charge in [-0.15, -0.1) is 0 Å². The van der Waals surface area contributed by atoms with Gasteiger partial charge in [-0.2, -0.15) is 0 Å². The van der Waals surface area contributed by atoms with Crippen LogP contribution < -0.4 is 0 Å². The molecule has 10 heteroatoms. The summed E-state index contributed by atoms with van der Waals surface area (Å²) in [6.45, 7) is 44.3. The molecule has 1 heterocycles. The number of piperidine rings is 1. The number of aliphatic hydroxyl groups excluding tert-OH is 7. The Hall–Kier alpha value is -5.86. The summed E-state index contributed by atoms with van der Waals surface area (Å²) in [6, 6.07) is 71.9. The number of likely N-dealkylation sites (tertiary alicyclic amines) is 1. The van der Waals surface area contributed by atoms with Crippen molar-refractivity contribution in [2.75, 3.05) is 47.1 Å². The van der Waals surface area contributed by atoms with Crippen LogP contribution in [-0.2, 0) is 9.47 Å². The van der Waals surface area contributed by atoms with E-state index in [4.69, 9.17) is 9.47 Å². The van der Waals surface area contributed by atoms with E-state index < -0.39 is 12.2 Å². The maximum Gasteiger partial charge on any atom is 0.0844 e. The number of ether oxygens (including phenoxy) is 2. The molecule has 8 rings (SSSR count). The summed E-state index contributed by atoms with van der Waals surface area (Å²) < 4.78 is 10.0. The Morgan fingerprint density at radius 2 is 0.443 bits per heavy atom. The molecule has 1 aliphatic heterocycles. The topological polar surface area (TPSA) is 163 Å². The molecule has 1 saturated heterocycles. The van der Waals surface area contributed by atoms with E-state index in [0.29, 0.717) is 60.6 Å². The predicted octanol–water partition coefficient (Wildman–Crippen LogP) is 21.2. The number of aliphatic hydroxyl groups is 7. The molecule has 0 saturated carbocycles. The molecule has 10 nitrogen and oxygen atoms in total. The Bertz CT molecular complexity index is 2930. The average molecular weight is 1460 g/mol. The van der Waals surface area contributed by atoms with Crippen LogP contribution in [0.2, 0.25) is 0 Å². The Morgan fingerprint density at radius 3 is 0.623 bits per heavy atom. The summed E-state index contributed by atoms with van der Waals surface area (Å²) in [5.74, 6) is 5.03. The maximum atomic E-state index is 10.6. The third kappa shape index (κ3) is 35.2. The van der Waals surface area contributed by atoms with Gasteiger partial charge in [0.15, 0.2) is 0 Å². The molecule has 7 aromatic carbocycles. The third-order valence-corrected chi connectivity index (χ3v) is 20.7. The zero-order valence-corrected chi connectivity index (χ0v) is 69.6. The average Bonchev–Trinajstić information content (AvgIpc) is 0.877. The summed E-state index contributed by atoms with van der Waals surface area (Å²) in [5.41, 5.74) is 8.61. The van der Waals surface area contributed by atoms with Crippen LogP contribution in [0.5, 0.6) is 0 Å². The van der Waals surface area contributed by atoms with Crippen LogP contribution in [0.1, 0.15) is 250 Å². The minimum absolute atomic E-state index is 0.145. The highest BCUT2D eigenvalue weighted by atomic mass is 16.5. The molecule has 0 aromatic heterocycles. The normalized spacial score (nSPS) is 16.3. The number of hydrogen-bond donors (Lipinski definition) is 7. The molecule has 7 aromatic rings. The van der Waals surface area contributed by atoms with Crippen molar-refractivity contribution in [1.29, 1.82) is 0 Å². The van der Waals surface area contributed by atoms with Crippen molar-refractivity contribution in [2.45, 2.75) is 254 Å². The SMILES string of the molecule is CC(C)[C@@H](O)[C@H](c1ccccc1)C(C)C.CC(C)[C@@H](c1ccccc1)[C@@H](O)CN1CCCCC1.CC[C@@H](O)[C@@H](c1ccccc1)C(C)C.CC[C@@H](O)[C@H](c1ccccc1)C(C)C.CC[C@H](O)[C@H](c1ccccc1)C(C)C.COC[C@@H](O)[C@@H](c1ccccc1)C(C)C.COC[C@H](O)[C@H](c1ccccc1)C(C)C. The van der Waals surface area contributed by atoms with Gasteiger partial charge < -0.3 is 50.1 Å². The highest BCUT2D eigenvalue weighted by molar-refractivity contribution is 5.27. The van der Waals surface area contributed by atoms with E-state index >= 15 is 0 Å². The first-order chi connectivity index (χ1) is 50.5. The first kappa shape index (κ1) is 96.2. The third-order valence-electron chi connectivity index (χ3n) is 20.7. The van der Waals surface area contributed by atoms with Crippen molar-refractivity contribution in [3.05, 3.63) is 251 Å². The summed E-state index contributed by atoms with van der Waals surface area (Å²) in [4.78, 5) is 2.42. The molecule has 7 N–H and O–H groups in total. The van der Waals surface area contributed by atoms with E-state index in [1.165, 1.54) is 58.2 Å². The number of methoxy groups -OCH3 is 2. The van der Waals surface area contributed by atoms with Crippen LogP contribution in [0.3, 0.4) is 0 Å². The number of rotatable bonds is 31. The number of hydrogen-bond acceptors (Lipinski definition) is 10. The summed E-state index contributed by atoms with van der Waals surface area (Å²) in [6.07, 6.45) is 4.30. The van der Waals surface area contributed by atoms with Crippen molar-refractivity contribution in [3.63, 3.8) is 0 Å². The van der Waals surface area contributed by atoms with E-state index in [9.17, 15) is 35.7 Å². The van der Waals surface area contributed by atoms with Crippen molar-refractivity contribution in [2.24, 2.45) is 47.3 Å².